The van der Waals surface area contributed by atoms with Gasteiger partial charge in [-0.05, 0) is 19.1 Å². The third kappa shape index (κ3) is 3.73. The number of hydrogen-bond donors (Lipinski definition) is 1. The quantitative estimate of drug-likeness (QED) is 0.869. The smallest absolute Gasteiger partial charge is 0.322 e. The third-order valence-electron chi connectivity index (χ3n) is 2.46. The number of aryl methyl sites for hydroxylation is 1. The molecular weight excluding hydrogens is 289 g/mol. The molecule has 0 saturated carbocycles. The van der Waals surface area contributed by atoms with Crippen molar-refractivity contribution in [1.29, 1.82) is 0 Å². The molecule has 0 aromatic heterocycles. The van der Waals surface area contributed by atoms with Gasteiger partial charge in [0.1, 0.15) is 0 Å². The summed E-state index contributed by atoms with van der Waals surface area (Å²) in [6, 6.07) is 3.43. The fourth-order valence-corrected chi connectivity index (χ4v) is 2.43. The van der Waals surface area contributed by atoms with Gasteiger partial charge in [0.15, 0.2) is 0 Å². The lowest BCUT2D eigenvalue weighted by Gasteiger charge is -2.25. The Hall–Kier alpha value is -1.02. The molecule has 0 fully saturated rings. The van der Waals surface area contributed by atoms with E-state index in [0.29, 0.717) is 0 Å². The molecule has 1 rings (SSSR count). The summed E-state index contributed by atoms with van der Waals surface area (Å²) in [6.07, 6.45) is -5.75. The van der Waals surface area contributed by atoms with Gasteiger partial charge in [-0.25, -0.2) is 0 Å². The van der Waals surface area contributed by atoms with E-state index >= 15 is 0 Å². The van der Waals surface area contributed by atoms with Crippen molar-refractivity contribution in [3.63, 3.8) is 0 Å². The standard InChI is InChI=1S/C11H12F5NOS/c1-7-2-4-8(5-3-7)19(18)6-9(17)10(12,13)11(14,15)16/h2-5,9H,6,17H2,1H3/t9-,19?/m1/s1. The molecule has 108 valence electrons. The van der Waals surface area contributed by atoms with Gasteiger partial charge in [0.05, 0.1) is 16.8 Å². The number of benzene rings is 1. The maximum Gasteiger partial charge on any atom is 0.454 e. The van der Waals surface area contributed by atoms with E-state index in [1.807, 2.05) is 0 Å². The van der Waals surface area contributed by atoms with Crippen LogP contribution in [-0.4, -0.2) is 28.1 Å². The lowest BCUT2D eigenvalue weighted by molar-refractivity contribution is -0.287. The number of hydrogen-bond acceptors (Lipinski definition) is 2. The minimum atomic E-state index is -5.75. The Morgan fingerprint density at radius 2 is 1.63 bits per heavy atom. The van der Waals surface area contributed by atoms with Gasteiger partial charge in [0.25, 0.3) is 0 Å². The zero-order valence-electron chi connectivity index (χ0n) is 9.88. The fraction of sp³-hybridized carbons (Fsp3) is 0.455. The lowest BCUT2D eigenvalue weighted by atomic mass is 10.2. The molecule has 2 nitrogen and oxygen atoms in total. The van der Waals surface area contributed by atoms with Crippen LogP contribution >= 0.6 is 0 Å². The Bertz CT molecular complexity index is 457. The maximum absolute atomic E-state index is 12.9. The Morgan fingerprint density at radius 3 is 2.05 bits per heavy atom. The third-order valence-corrected chi connectivity index (χ3v) is 3.92. The van der Waals surface area contributed by atoms with E-state index in [9.17, 15) is 26.2 Å². The van der Waals surface area contributed by atoms with E-state index in [-0.39, 0.29) is 4.90 Å². The van der Waals surface area contributed by atoms with Crippen molar-refractivity contribution in [2.24, 2.45) is 5.73 Å². The van der Waals surface area contributed by atoms with Gasteiger partial charge in [-0.2, -0.15) is 22.0 Å². The molecule has 0 heterocycles. The first-order valence-electron chi connectivity index (χ1n) is 5.21. The van der Waals surface area contributed by atoms with Gasteiger partial charge >= 0.3 is 12.1 Å². The minimum absolute atomic E-state index is 0.166. The molecule has 1 unspecified atom stereocenters. The van der Waals surface area contributed by atoms with Crippen LogP contribution in [0.4, 0.5) is 22.0 Å². The summed E-state index contributed by atoms with van der Waals surface area (Å²) in [4.78, 5) is 0.166. The molecule has 1 aromatic carbocycles. The van der Waals surface area contributed by atoms with Gasteiger partial charge in [0, 0.05) is 10.6 Å². The molecule has 2 N–H and O–H groups in total. The summed E-state index contributed by atoms with van der Waals surface area (Å²) >= 11 is 0. The molecule has 8 heteroatoms. The van der Waals surface area contributed by atoms with Crippen molar-refractivity contribution in [1.82, 2.24) is 0 Å². The molecule has 0 aliphatic heterocycles. The zero-order valence-corrected chi connectivity index (χ0v) is 10.7. The first-order chi connectivity index (χ1) is 8.55. The van der Waals surface area contributed by atoms with Crippen LogP contribution < -0.4 is 5.73 Å². The van der Waals surface area contributed by atoms with Crippen LogP contribution in [0.3, 0.4) is 0 Å². The summed E-state index contributed by atoms with van der Waals surface area (Å²) in [5.74, 6) is -6.02. The first-order valence-corrected chi connectivity index (χ1v) is 6.52. The average Bonchev–Trinajstić information content (AvgIpc) is 2.28. The molecule has 1 aromatic rings. The van der Waals surface area contributed by atoms with Crippen molar-refractivity contribution in [2.45, 2.75) is 30.0 Å². The van der Waals surface area contributed by atoms with Crippen LogP contribution in [0.1, 0.15) is 5.56 Å². The molecule has 2 atom stereocenters. The predicted octanol–water partition coefficient (Wildman–Crippen LogP) is 2.63. The van der Waals surface area contributed by atoms with Gasteiger partial charge in [0.2, 0.25) is 0 Å². The van der Waals surface area contributed by atoms with E-state index in [2.05, 4.69) is 0 Å². The van der Waals surface area contributed by atoms with Crippen molar-refractivity contribution >= 4 is 10.8 Å². The van der Waals surface area contributed by atoms with Crippen LogP contribution in [0.15, 0.2) is 29.2 Å². The molecule has 19 heavy (non-hydrogen) atoms. The highest BCUT2D eigenvalue weighted by Crippen LogP contribution is 2.37. The van der Waals surface area contributed by atoms with Crippen LogP contribution in [0.5, 0.6) is 0 Å². The molecule has 0 amide bonds. The van der Waals surface area contributed by atoms with Crippen molar-refractivity contribution < 1.29 is 26.2 Å². The van der Waals surface area contributed by atoms with Crippen LogP contribution in [-0.2, 0) is 10.8 Å². The Morgan fingerprint density at radius 1 is 1.16 bits per heavy atom. The molecule has 0 radical (unpaired) electrons. The summed E-state index contributed by atoms with van der Waals surface area (Å²) in [7, 11) is -2.01. The second kappa shape index (κ2) is 5.54. The van der Waals surface area contributed by atoms with Crippen LogP contribution in [0.25, 0.3) is 0 Å². The van der Waals surface area contributed by atoms with E-state index in [1.54, 1.807) is 19.1 Å². The minimum Gasteiger partial charge on any atom is -0.322 e. The Kier molecular flexibility index (Phi) is 4.67. The van der Waals surface area contributed by atoms with Gasteiger partial charge in [-0.15, -0.1) is 0 Å². The van der Waals surface area contributed by atoms with Gasteiger partial charge < -0.3 is 5.73 Å². The largest absolute Gasteiger partial charge is 0.454 e. The van der Waals surface area contributed by atoms with Crippen molar-refractivity contribution in [2.75, 3.05) is 5.75 Å². The molecule has 0 bridgehead atoms. The second-order valence-corrected chi connectivity index (χ2v) is 5.55. The highest BCUT2D eigenvalue weighted by Gasteiger charge is 2.61. The normalized spacial score (nSPS) is 16.2. The summed E-state index contributed by atoms with van der Waals surface area (Å²) in [6.45, 7) is 1.76. The monoisotopic (exact) mass is 301 g/mol. The first kappa shape index (κ1) is 16.0. The molecule has 0 aliphatic rings. The summed E-state index contributed by atoms with van der Waals surface area (Å²) in [5, 5.41) is 0. The SMILES string of the molecule is Cc1ccc(S(=O)C[C@@H](N)C(F)(F)C(F)(F)F)cc1. The van der Waals surface area contributed by atoms with E-state index in [0.717, 1.165) is 5.56 Å². The summed E-state index contributed by atoms with van der Waals surface area (Å²) in [5.41, 5.74) is 5.70. The number of halogens is 5. The highest BCUT2D eigenvalue weighted by atomic mass is 32.2. The molecular formula is C11H12F5NOS. The highest BCUT2D eigenvalue weighted by molar-refractivity contribution is 7.85. The van der Waals surface area contributed by atoms with E-state index < -0.39 is 34.7 Å². The number of rotatable bonds is 4. The van der Waals surface area contributed by atoms with Crippen molar-refractivity contribution in [3.05, 3.63) is 29.8 Å². The summed E-state index contributed by atoms with van der Waals surface area (Å²) < 4.78 is 73.6. The molecule has 0 spiro atoms. The molecule has 0 saturated heterocycles. The van der Waals surface area contributed by atoms with E-state index in [1.165, 1.54) is 12.1 Å². The van der Waals surface area contributed by atoms with Crippen molar-refractivity contribution in [3.8, 4) is 0 Å². The van der Waals surface area contributed by atoms with Gasteiger partial charge in [-0.3, -0.25) is 4.21 Å². The fourth-order valence-electron chi connectivity index (χ4n) is 1.26. The predicted molar refractivity (Wildman–Crippen MR) is 61.4 cm³/mol. The Labute approximate surface area is 109 Å². The zero-order chi connectivity index (χ0) is 14.8. The molecule has 0 aliphatic carbocycles. The van der Waals surface area contributed by atoms with Crippen LogP contribution in [0.2, 0.25) is 0 Å². The van der Waals surface area contributed by atoms with Crippen LogP contribution in [0, 0.1) is 6.92 Å². The average molecular weight is 301 g/mol. The Balaban J connectivity index is 2.80. The lowest BCUT2D eigenvalue weighted by Crippen LogP contribution is -2.54. The second-order valence-electron chi connectivity index (χ2n) is 4.05. The topological polar surface area (TPSA) is 43.1 Å². The van der Waals surface area contributed by atoms with Gasteiger partial charge in [-0.1, -0.05) is 17.7 Å². The maximum atomic E-state index is 12.9. The van der Waals surface area contributed by atoms with E-state index in [4.69, 9.17) is 5.73 Å². The number of nitrogens with two attached hydrogens (primary N) is 1. The number of alkyl halides is 5.